The van der Waals surface area contributed by atoms with E-state index in [9.17, 15) is 4.79 Å². The van der Waals surface area contributed by atoms with E-state index in [1.54, 1.807) is 17.4 Å². The summed E-state index contributed by atoms with van der Waals surface area (Å²) in [5.74, 6) is 0.436. The van der Waals surface area contributed by atoms with Crippen LogP contribution in [0.3, 0.4) is 0 Å². The lowest BCUT2D eigenvalue weighted by molar-refractivity contribution is 0.559. The maximum atomic E-state index is 10.0. The summed E-state index contributed by atoms with van der Waals surface area (Å²) in [6.07, 6.45) is 1.54. The SMILES string of the molecule is CC(C)c1nc(C(C)N=C=O)cs1. The minimum absolute atomic E-state index is 0.166. The molecule has 0 aliphatic rings. The van der Waals surface area contributed by atoms with E-state index in [1.807, 2.05) is 12.3 Å². The smallest absolute Gasteiger partial charge is 0.235 e. The van der Waals surface area contributed by atoms with Gasteiger partial charge in [0.25, 0.3) is 0 Å². The Morgan fingerprint density at radius 3 is 2.69 bits per heavy atom. The molecule has 0 bridgehead atoms. The lowest BCUT2D eigenvalue weighted by Crippen LogP contribution is -1.91. The molecule has 13 heavy (non-hydrogen) atoms. The third-order valence-corrected chi connectivity index (χ3v) is 2.87. The fourth-order valence-electron chi connectivity index (χ4n) is 0.903. The van der Waals surface area contributed by atoms with Crippen molar-refractivity contribution in [2.24, 2.45) is 4.99 Å². The molecule has 1 atom stereocenters. The van der Waals surface area contributed by atoms with Gasteiger partial charge in [-0.1, -0.05) is 13.8 Å². The van der Waals surface area contributed by atoms with Crippen LogP contribution in [0.25, 0.3) is 0 Å². The van der Waals surface area contributed by atoms with Gasteiger partial charge in [-0.2, -0.15) is 4.99 Å². The number of aromatic nitrogens is 1. The molecule has 4 heteroatoms. The number of thiazole rings is 1. The third-order valence-electron chi connectivity index (χ3n) is 1.71. The highest BCUT2D eigenvalue weighted by Gasteiger charge is 2.10. The van der Waals surface area contributed by atoms with Crippen LogP contribution in [0.15, 0.2) is 10.4 Å². The average molecular weight is 196 g/mol. The first-order chi connectivity index (χ1) is 6.15. The average Bonchev–Trinajstić information content (AvgIpc) is 2.52. The van der Waals surface area contributed by atoms with Gasteiger partial charge in [-0.15, -0.1) is 11.3 Å². The highest BCUT2D eigenvalue weighted by molar-refractivity contribution is 7.09. The Morgan fingerprint density at radius 2 is 2.23 bits per heavy atom. The van der Waals surface area contributed by atoms with Crippen molar-refractivity contribution in [1.82, 2.24) is 4.98 Å². The molecule has 0 saturated carbocycles. The second-order valence-corrected chi connectivity index (χ2v) is 4.05. The van der Waals surface area contributed by atoms with Crippen LogP contribution in [-0.2, 0) is 4.79 Å². The Balaban J connectivity index is 2.85. The molecule has 1 aromatic rings. The largest absolute Gasteiger partial charge is 0.244 e. The van der Waals surface area contributed by atoms with Gasteiger partial charge in [-0.3, -0.25) is 0 Å². The molecule has 1 unspecified atom stereocenters. The molecule has 0 amide bonds. The molecule has 1 rings (SSSR count). The first-order valence-electron chi connectivity index (χ1n) is 4.17. The van der Waals surface area contributed by atoms with Crippen molar-refractivity contribution < 1.29 is 4.79 Å². The topological polar surface area (TPSA) is 42.3 Å². The predicted molar refractivity (Wildman–Crippen MR) is 52.7 cm³/mol. The quantitative estimate of drug-likeness (QED) is 0.551. The van der Waals surface area contributed by atoms with Gasteiger partial charge in [-0.25, -0.2) is 9.78 Å². The van der Waals surface area contributed by atoms with Crippen molar-refractivity contribution in [3.63, 3.8) is 0 Å². The zero-order chi connectivity index (χ0) is 9.84. The van der Waals surface area contributed by atoms with Crippen molar-refractivity contribution in [1.29, 1.82) is 0 Å². The van der Waals surface area contributed by atoms with Gasteiger partial charge in [0.2, 0.25) is 6.08 Å². The summed E-state index contributed by atoms with van der Waals surface area (Å²) in [5.41, 5.74) is 0.858. The van der Waals surface area contributed by atoms with Gasteiger partial charge in [0.1, 0.15) is 6.04 Å². The molecule has 0 N–H and O–H groups in total. The summed E-state index contributed by atoms with van der Waals surface area (Å²) in [7, 11) is 0. The van der Waals surface area contributed by atoms with E-state index >= 15 is 0 Å². The maximum Gasteiger partial charge on any atom is 0.235 e. The number of aliphatic imine (C=N–C) groups is 1. The number of isocyanates is 1. The minimum atomic E-state index is -0.166. The standard InChI is InChI=1S/C9H12N2OS/c1-6(2)9-11-8(4-13-9)7(3)10-5-12/h4,6-7H,1-3H3. The minimum Gasteiger partial charge on any atom is -0.244 e. The first-order valence-corrected chi connectivity index (χ1v) is 5.05. The molecule has 1 heterocycles. The van der Waals surface area contributed by atoms with Crippen LogP contribution in [0.5, 0.6) is 0 Å². The Morgan fingerprint density at radius 1 is 1.54 bits per heavy atom. The zero-order valence-corrected chi connectivity index (χ0v) is 8.76. The summed E-state index contributed by atoms with van der Waals surface area (Å²) in [5, 5.41) is 3.03. The van der Waals surface area contributed by atoms with E-state index in [1.165, 1.54) is 0 Å². The van der Waals surface area contributed by atoms with Crippen molar-refractivity contribution in [3.05, 3.63) is 16.1 Å². The highest BCUT2D eigenvalue weighted by atomic mass is 32.1. The van der Waals surface area contributed by atoms with Gasteiger partial charge in [0.05, 0.1) is 10.7 Å². The summed E-state index contributed by atoms with van der Waals surface area (Å²) >= 11 is 1.61. The molecule has 70 valence electrons. The summed E-state index contributed by atoms with van der Waals surface area (Å²) in [4.78, 5) is 18.0. The number of nitrogens with zero attached hydrogens (tertiary/aromatic N) is 2. The zero-order valence-electron chi connectivity index (χ0n) is 7.94. The number of rotatable bonds is 3. The van der Waals surface area contributed by atoms with Gasteiger partial charge < -0.3 is 0 Å². The van der Waals surface area contributed by atoms with Gasteiger partial charge in [0, 0.05) is 11.3 Å². The number of hydrogen-bond donors (Lipinski definition) is 0. The van der Waals surface area contributed by atoms with Crippen molar-refractivity contribution in [3.8, 4) is 0 Å². The predicted octanol–water partition coefficient (Wildman–Crippen LogP) is 2.66. The van der Waals surface area contributed by atoms with Gasteiger partial charge in [0.15, 0.2) is 0 Å². The Labute approximate surface area is 81.5 Å². The lowest BCUT2D eigenvalue weighted by atomic mass is 10.2. The molecule has 0 spiro atoms. The summed E-state index contributed by atoms with van der Waals surface area (Å²) < 4.78 is 0. The molecular formula is C9H12N2OS. The Bertz CT molecular complexity index is 326. The third kappa shape index (κ3) is 2.47. The fraction of sp³-hybridized carbons (Fsp3) is 0.556. The van der Waals surface area contributed by atoms with Crippen molar-refractivity contribution in [2.45, 2.75) is 32.7 Å². The van der Waals surface area contributed by atoms with Gasteiger partial charge in [-0.05, 0) is 6.92 Å². The molecule has 0 aliphatic carbocycles. The van der Waals surface area contributed by atoms with E-state index in [0.29, 0.717) is 5.92 Å². The molecule has 0 radical (unpaired) electrons. The van der Waals surface area contributed by atoms with E-state index in [-0.39, 0.29) is 6.04 Å². The first kappa shape index (κ1) is 10.1. The van der Waals surface area contributed by atoms with E-state index in [2.05, 4.69) is 23.8 Å². The van der Waals surface area contributed by atoms with E-state index in [0.717, 1.165) is 10.7 Å². The van der Waals surface area contributed by atoms with Crippen LogP contribution in [0.1, 0.15) is 43.4 Å². The van der Waals surface area contributed by atoms with Crippen molar-refractivity contribution >= 4 is 17.4 Å². The van der Waals surface area contributed by atoms with Crippen molar-refractivity contribution in [2.75, 3.05) is 0 Å². The number of carbonyl (C=O) groups excluding carboxylic acids is 1. The molecule has 0 aliphatic heterocycles. The van der Waals surface area contributed by atoms with Gasteiger partial charge >= 0.3 is 0 Å². The molecule has 0 aromatic carbocycles. The van der Waals surface area contributed by atoms with Crippen LogP contribution in [0.2, 0.25) is 0 Å². The Hall–Kier alpha value is -0.990. The second kappa shape index (κ2) is 4.30. The molecule has 1 aromatic heterocycles. The highest BCUT2D eigenvalue weighted by Crippen LogP contribution is 2.23. The lowest BCUT2D eigenvalue weighted by Gasteiger charge is -1.99. The van der Waals surface area contributed by atoms with Crippen LogP contribution in [0, 0.1) is 0 Å². The molecular weight excluding hydrogens is 184 g/mol. The van der Waals surface area contributed by atoms with Crippen LogP contribution in [0.4, 0.5) is 0 Å². The number of hydrogen-bond acceptors (Lipinski definition) is 4. The normalized spacial score (nSPS) is 12.6. The summed E-state index contributed by atoms with van der Waals surface area (Å²) in [6, 6.07) is -0.166. The molecule has 0 saturated heterocycles. The molecule has 0 fully saturated rings. The summed E-state index contributed by atoms with van der Waals surface area (Å²) in [6.45, 7) is 6.02. The Kier molecular flexibility index (Phi) is 3.34. The van der Waals surface area contributed by atoms with Crippen LogP contribution >= 0.6 is 11.3 Å². The van der Waals surface area contributed by atoms with Crippen LogP contribution < -0.4 is 0 Å². The monoisotopic (exact) mass is 196 g/mol. The molecule has 3 nitrogen and oxygen atoms in total. The van der Waals surface area contributed by atoms with Crippen LogP contribution in [-0.4, -0.2) is 11.1 Å². The van der Waals surface area contributed by atoms with E-state index < -0.39 is 0 Å². The fourth-order valence-corrected chi connectivity index (χ4v) is 1.82. The second-order valence-electron chi connectivity index (χ2n) is 3.16. The van der Waals surface area contributed by atoms with E-state index in [4.69, 9.17) is 0 Å². The maximum absolute atomic E-state index is 10.0.